The molecule has 0 saturated carbocycles. The molecular formula is C21H22N4O. The van der Waals surface area contributed by atoms with Crippen molar-refractivity contribution in [3.63, 3.8) is 0 Å². The number of nitrogens with zero attached hydrogens (tertiary/aromatic N) is 2. The third kappa shape index (κ3) is 3.61. The first-order valence-corrected chi connectivity index (χ1v) is 9.07. The van der Waals surface area contributed by atoms with E-state index in [9.17, 15) is 4.79 Å². The number of hydrogen-bond acceptors (Lipinski definition) is 2. The zero-order chi connectivity index (χ0) is 17.8. The number of guanidine groups is 1. The number of amides is 1. The summed E-state index contributed by atoms with van der Waals surface area (Å²) in [4.78, 5) is 22.8. The van der Waals surface area contributed by atoms with Crippen LogP contribution in [0.5, 0.6) is 0 Å². The van der Waals surface area contributed by atoms with Gasteiger partial charge >= 0.3 is 0 Å². The Kier molecular flexibility index (Phi) is 4.69. The van der Waals surface area contributed by atoms with Crippen molar-refractivity contribution in [2.75, 3.05) is 13.1 Å². The minimum absolute atomic E-state index is 0.129. The Morgan fingerprint density at radius 2 is 1.81 bits per heavy atom. The number of H-pyrrole nitrogens is 1. The van der Waals surface area contributed by atoms with Gasteiger partial charge in [0.15, 0.2) is 0 Å². The van der Waals surface area contributed by atoms with Crippen molar-refractivity contribution >= 4 is 28.5 Å². The highest BCUT2D eigenvalue weighted by molar-refractivity contribution is 6.06. The number of aromatic amines is 1. The quantitative estimate of drug-likeness (QED) is 0.543. The summed E-state index contributed by atoms with van der Waals surface area (Å²) in [5.74, 6) is 0.500. The molecule has 0 spiro atoms. The van der Waals surface area contributed by atoms with Crippen molar-refractivity contribution in [2.45, 2.75) is 19.3 Å². The summed E-state index contributed by atoms with van der Waals surface area (Å²) in [6.45, 7) is 1.83. The summed E-state index contributed by atoms with van der Waals surface area (Å²) in [6.07, 6.45) is 5.39. The van der Waals surface area contributed by atoms with Gasteiger partial charge in [0, 0.05) is 30.4 Å². The standard InChI is InChI=1S/C21H22N4O/c26-20(17-7-3-1-4-8-17)24-21(25-13-5-2-6-14-25)23-18-10-9-16-11-12-22-19(16)15-18/h1,3-4,7-12,15,22H,2,5-6,13-14H2,(H,23,24,26). The predicted molar refractivity (Wildman–Crippen MR) is 105 cm³/mol. The number of rotatable bonds is 2. The first-order chi connectivity index (χ1) is 12.8. The second-order valence-electron chi connectivity index (χ2n) is 6.55. The van der Waals surface area contributed by atoms with E-state index in [2.05, 4.69) is 15.2 Å². The molecule has 1 aromatic heterocycles. The first kappa shape index (κ1) is 16.4. The molecule has 4 rings (SSSR count). The Hall–Kier alpha value is -3.08. The Bertz CT molecular complexity index is 923. The zero-order valence-corrected chi connectivity index (χ0v) is 14.6. The molecule has 2 heterocycles. The van der Waals surface area contributed by atoms with Crippen LogP contribution in [0.1, 0.15) is 29.6 Å². The van der Waals surface area contributed by atoms with Gasteiger partial charge in [0.25, 0.3) is 5.91 Å². The number of carbonyl (C=O) groups is 1. The summed E-state index contributed by atoms with van der Waals surface area (Å²) in [5, 5.41) is 4.17. The van der Waals surface area contributed by atoms with Crippen LogP contribution < -0.4 is 5.32 Å². The Morgan fingerprint density at radius 1 is 1.00 bits per heavy atom. The Morgan fingerprint density at radius 3 is 2.62 bits per heavy atom. The lowest BCUT2D eigenvalue weighted by Gasteiger charge is -2.29. The number of carbonyl (C=O) groups excluding carboxylic acids is 1. The molecule has 2 aromatic carbocycles. The maximum atomic E-state index is 12.6. The van der Waals surface area contributed by atoms with Gasteiger partial charge in [-0.25, -0.2) is 4.99 Å². The van der Waals surface area contributed by atoms with Crippen LogP contribution in [0.3, 0.4) is 0 Å². The molecular weight excluding hydrogens is 324 g/mol. The van der Waals surface area contributed by atoms with Crippen LogP contribution in [0.15, 0.2) is 65.8 Å². The van der Waals surface area contributed by atoms with E-state index in [1.165, 1.54) is 6.42 Å². The van der Waals surface area contributed by atoms with Crippen molar-refractivity contribution in [1.29, 1.82) is 0 Å². The SMILES string of the molecule is O=C(NC(=Nc1ccc2cc[nH]c2c1)N1CCCCC1)c1ccccc1. The first-order valence-electron chi connectivity index (χ1n) is 9.07. The number of benzene rings is 2. The van der Waals surface area contributed by atoms with Crippen LogP contribution in [0.4, 0.5) is 5.69 Å². The van der Waals surface area contributed by atoms with Crippen molar-refractivity contribution in [3.8, 4) is 0 Å². The van der Waals surface area contributed by atoms with E-state index in [0.717, 1.165) is 42.5 Å². The monoisotopic (exact) mass is 346 g/mol. The molecule has 3 aromatic rings. The van der Waals surface area contributed by atoms with E-state index >= 15 is 0 Å². The molecule has 0 aliphatic carbocycles. The fraction of sp³-hybridized carbons (Fsp3) is 0.238. The number of aromatic nitrogens is 1. The highest BCUT2D eigenvalue weighted by Gasteiger charge is 2.18. The second-order valence-corrected chi connectivity index (χ2v) is 6.55. The van der Waals surface area contributed by atoms with Crippen LogP contribution >= 0.6 is 0 Å². The topological polar surface area (TPSA) is 60.5 Å². The van der Waals surface area contributed by atoms with Gasteiger partial charge in [-0.1, -0.05) is 24.3 Å². The number of nitrogens with one attached hydrogen (secondary N) is 2. The summed E-state index contributed by atoms with van der Waals surface area (Å²) in [7, 11) is 0. The maximum Gasteiger partial charge on any atom is 0.257 e. The van der Waals surface area contributed by atoms with Gasteiger partial charge in [-0.05, 0) is 55.0 Å². The molecule has 132 valence electrons. The highest BCUT2D eigenvalue weighted by atomic mass is 16.1. The van der Waals surface area contributed by atoms with E-state index in [1.807, 2.05) is 60.8 Å². The lowest BCUT2D eigenvalue weighted by molar-refractivity contribution is 0.0971. The van der Waals surface area contributed by atoms with E-state index in [4.69, 9.17) is 4.99 Å². The van der Waals surface area contributed by atoms with Gasteiger partial charge in [0.05, 0.1) is 5.69 Å². The third-order valence-corrected chi connectivity index (χ3v) is 4.69. The van der Waals surface area contributed by atoms with Crippen molar-refractivity contribution in [3.05, 3.63) is 66.4 Å². The van der Waals surface area contributed by atoms with Crippen molar-refractivity contribution in [1.82, 2.24) is 15.2 Å². The summed E-state index contributed by atoms with van der Waals surface area (Å²) in [5.41, 5.74) is 2.50. The molecule has 1 saturated heterocycles. The van der Waals surface area contributed by atoms with E-state index in [1.54, 1.807) is 0 Å². The van der Waals surface area contributed by atoms with Gasteiger partial charge in [0.1, 0.15) is 0 Å². The van der Waals surface area contributed by atoms with Crippen molar-refractivity contribution < 1.29 is 4.79 Å². The second kappa shape index (κ2) is 7.44. The van der Waals surface area contributed by atoms with Gasteiger partial charge in [0.2, 0.25) is 5.96 Å². The summed E-state index contributed by atoms with van der Waals surface area (Å²) < 4.78 is 0. The van der Waals surface area contributed by atoms with Crippen molar-refractivity contribution in [2.24, 2.45) is 4.99 Å². The minimum Gasteiger partial charge on any atom is -0.361 e. The van der Waals surface area contributed by atoms with Crippen LogP contribution in [0.2, 0.25) is 0 Å². The number of aliphatic imine (C=N–C) groups is 1. The largest absolute Gasteiger partial charge is 0.361 e. The normalized spacial score (nSPS) is 15.2. The number of hydrogen-bond donors (Lipinski definition) is 2. The Balaban J connectivity index is 1.64. The van der Waals surface area contributed by atoms with Crippen LogP contribution in [0, 0.1) is 0 Å². The van der Waals surface area contributed by atoms with Crippen LogP contribution in [-0.2, 0) is 0 Å². The Labute approximate surface area is 152 Å². The van der Waals surface area contributed by atoms with E-state index in [0.29, 0.717) is 11.5 Å². The van der Waals surface area contributed by atoms with Gasteiger partial charge < -0.3 is 9.88 Å². The lowest BCUT2D eigenvalue weighted by Crippen LogP contribution is -2.46. The lowest BCUT2D eigenvalue weighted by atomic mass is 10.1. The van der Waals surface area contributed by atoms with Crippen LogP contribution in [0.25, 0.3) is 10.9 Å². The number of likely N-dealkylation sites (tertiary alicyclic amines) is 1. The van der Waals surface area contributed by atoms with Gasteiger partial charge in [-0.15, -0.1) is 0 Å². The molecule has 5 nitrogen and oxygen atoms in total. The van der Waals surface area contributed by atoms with E-state index in [-0.39, 0.29) is 5.91 Å². The molecule has 5 heteroatoms. The molecule has 1 amide bonds. The third-order valence-electron chi connectivity index (χ3n) is 4.69. The molecule has 1 aliphatic rings. The minimum atomic E-state index is -0.129. The fourth-order valence-electron chi connectivity index (χ4n) is 3.27. The number of fused-ring (bicyclic) bond motifs is 1. The van der Waals surface area contributed by atoms with E-state index < -0.39 is 0 Å². The fourth-order valence-corrected chi connectivity index (χ4v) is 3.27. The molecule has 26 heavy (non-hydrogen) atoms. The summed E-state index contributed by atoms with van der Waals surface area (Å²) in [6, 6.07) is 17.3. The summed E-state index contributed by atoms with van der Waals surface area (Å²) >= 11 is 0. The van der Waals surface area contributed by atoms with Gasteiger partial charge in [-0.3, -0.25) is 10.1 Å². The molecule has 1 fully saturated rings. The average Bonchev–Trinajstić information content (AvgIpc) is 3.16. The zero-order valence-electron chi connectivity index (χ0n) is 14.6. The molecule has 2 N–H and O–H groups in total. The predicted octanol–water partition coefficient (Wildman–Crippen LogP) is 4.07. The molecule has 0 bridgehead atoms. The molecule has 0 atom stereocenters. The maximum absolute atomic E-state index is 12.6. The smallest absolute Gasteiger partial charge is 0.257 e. The van der Waals surface area contributed by atoms with Gasteiger partial charge in [-0.2, -0.15) is 0 Å². The highest BCUT2D eigenvalue weighted by Crippen LogP contribution is 2.21. The molecule has 0 unspecified atom stereocenters. The molecule has 0 radical (unpaired) electrons. The number of piperidine rings is 1. The molecule has 1 aliphatic heterocycles. The van der Waals surface area contributed by atoms with Crippen LogP contribution in [-0.4, -0.2) is 34.8 Å². The average molecular weight is 346 g/mol.